The van der Waals surface area contributed by atoms with Crippen LogP contribution in [-0.4, -0.2) is 30.1 Å². The number of rotatable bonds is 2. The van der Waals surface area contributed by atoms with Crippen LogP contribution in [0.3, 0.4) is 0 Å². The molecule has 0 amide bonds. The van der Waals surface area contributed by atoms with Crippen molar-refractivity contribution in [2.24, 2.45) is 0 Å². The Kier molecular flexibility index (Phi) is 2.94. The largest absolute Gasteiger partial charge is 0.399 e. The molecule has 1 aromatic carbocycles. The van der Waals surface area contributed by atoms with Gasteiger partial charge in [-0.25, -0.2) is 0 Å². The van der Waals surface area contributed by atoms with Crippen LogP contribution < -0.4 is 11.1 Å². The van der Waals surface area contributed by atoms with E-state index in [4.69, 9.17) is 5.73 Å². The molecular weight excluding hydrogens is 222 g/mol. The molecule has 1 unspecified atom stereocenters. The lowest BCUT2D eigenvalue weighted by molar-refractivity contribution is 0.169. The number of anilines is 2. The second-order valence-electron chi connectivity index (χ2n) is 5.94. The SMILES string of the molecule is Cc1cc(N)ccc1NC1C[C@H]2CC[C@@H](C1)N2C. The molecule has 98 valence electrons. The van der Waals surface area contributed by atoms with Gasteiger partial charge in [-0.1, -0.05) is 0 Å². The van der Waals surface area contributed by atoms with Crippen LogP contribution in [0.4, 0.5) is 11.4 Å². The first kappa shape index (κ1) is 11.8. The first-order valence-electron chi connectivity index (χ1n) is 6.98. The number of hydrogen-bond acceptors (Lipinski definition) is 3. The van der Waals surface area contributed by atoms with Gasteiger partial charge in [0.05, 0.1) is 0 Å². The molecule has 0 saturated carbocycles. The minimum absolute atomic E-state index is 0.626. The molecule has 2 aliphatic heterocycles. The van der Waals surface area contributed by atoms with Gasteiger partial charge in [0.1, 0.15) is 0 Å². The summed E-state index contributed by atoms with van der Waals surface area (Å²) in [6, 6.07) is 8.35. The summed E-state index contributed by atoms with van der Waals surface area (Å²) < 4.78 is 0. The average Bonchev–Trinajstić information content (AvgIpc) is 2.57. The Morgan fingerprint density at radius 2 is 1.89 bits per heavy atom. The van der Waals surface area contributed by atoms with E-state index >= 15 is 0 Å². The fourth-order valence-corrected chi connectivity index (χ4v) is 3.60. The smallest absolute Gasteiger partial charge is 0.0373 e. The van der Waals surface area contributed by atoms with Crippen LogP contribution in [0.1, 0.15) is 31.2 Å². The molecule has 3 N–H and O–H groups in total. The van der Waals surface area contributed by atoms with Gasteiger partial charge in [0.25, 0.3) is 0 Å². The van der Waals surface area contributed by atoms with E-state index in [9.17, 15) is 0 Å². The Bertz CT molecular complexity index is 429. The zero-order valence-electron chi connectivity index (χ0n) is 11.3. The van der Waals surface area contributed by atoms with Gasteiger partial charge in [-0.05, 0) is 63.4 Å². The summed E-state index contributed by atoms with van der Waals surface area (Å²) >= 11 is 0. The van der Waals surface area contributed by atoms with E-state index in [0.29, 0.717) is 6.04 Å². The fraction of sp³-hybridized carbons (Fsp3) is 0.600. The molecule has 3 nitrogen and oxygen atoms in total. The van der Waals surface area contributed by atoms with Crippen LogP contribution in [0, 0.1) is 6.92 Å². The van der Waals surface area contributed by atoms with Crippen molar-refractivity contribution in [1.82, 2.24) is 4.90 Å². The van der Waals surface area contributed by atoms with E-state index in [1.54, 1.807) is 0 Å². The van der Waals surface area contributed by atoms with E-state index in [0.717, 1.165) is 17.8 Å². The van der Waals surface area contributed by atoms with Crippen molar-refractivity contribution in [2.45, 2.75) is 50.7 Å². The van der Waals surface area contributed by atoms with E-state index in [-0.39, 0.29) is 0 Å². The highest BCUT2D eigenvalue weighted by Gasteiger charge is 2.38. The number of nitrogens with one attached hydrogen (secondary N) is 1. The minimum Gasteiger partial charge on any atom is -0.399 e. The highest BCUT2D eigenvalue weighted by Crippen LogP contribution is 2.35. The van der Waals surface area contributed by atoms with E-state index in [2.05, 4.69) is 30.3 Å². The maximum Gasteiger partial charge on any atom is 0.0373 e. The van der Waals surface area contributed by atoms with Crippen LogP contribution in [0.25, 0.3) is 0 Å². The molecule has 2 fully saturated rings. The standard InChI is InChI=1S/C15H23N3/c1-10-7-11(16)3-6-15(10)17-12-8-13-4-5-14(9-12)18(13)2/h3,6-7,12-14,17H,4-5,8-9,16H2,1-2H3/t12?,13-,14+. The number of nitrogens with zero attached hydrogens (tertiary/aromatic N) is 1. The Morgan fingerprint density at radius 3 is 2.50 bits per heavy atom. The second kappa shape index (κ2) is 4.47. The van der Waals surface area contributed by atoms with Gasteiger partial charge in [0.15, 0.2) is 0 Å². The van der Waals surface area contributed by atoms with Crippen LogP contribution in [0.15, 0.2) is 18.2 Å². The third-order valence-electron chi connectivity index (χ3n) is 4.71. The molecule has 3 rings (SSSR count). The van der Waals surface area contributed by atoms with Crippen LogP contribution in [-0.2, 0) is 0 Å². The number of nitrogen functional groups attached to an aromatic ring is 1. The summed E-state index contributed by atoms with van der Waals surface area (Å²) in [5.74, 6) is 0. The van der Waals surface area contributed by atoms with Gasteiger partial charge in [-0.3, -0.25) is 0 Å². The summed E-state index contributed by atoms with van der Waals surface area (Å²) in [6.45, 7) is 2.13. The second-order valence-corrected chi connectivity index (χ2v) is 5.94. The van der Waals surface area contributed by atoms with Crippen molar-refractivity contribution in [3.8, 4) is 0 Å². The van der Waals surface area contributed by atoms with Crippen LogP contribution >= 0.6 is 0 Å². The third kappa shape index (κ3) is 2.07. The van der Waals surface area contributed by atoms with E-state index < -0.39 is 0 Å². The van der Waals surface area contributed by atoms with Gasteiger partial charge in [0, 0.05) is 29.5 Å². The summed E-state index contributed by atoms with van der Waals surface area (Å²) in [5.41, 5.74) is 9.15. The lowest BCUT2D eigenvalue weighted by Crippen LogP contribution is -2.44. The quantitative estimate of drug-likeness (QED) is 0.787. The van der Waals surface area contributed by atoms with Gasteiger partial charge in [-0.15, -0.1) is 0 Å². The Balaban J connectivity index is 1.70. The monoisotopic (exact) mass is 245 g/mol. The summed E-state index contributed by atoms with van der Waals surface area (Å²) in [6.07, 6.45) is 5.30. The first-order chi connectivity index (χ1) is 8.63. The zero-order valence-corrected chi connectivity index (χ0v) is 11.3. The van der Waals surface area contributed by atoms with Gasteiger partial charge in [-0.2, -0.15) is 0 Å². The number of fused-ring (bicyclic) bond motifs is 2. The lowest BCUT2D eigenvalue weighted by atomic mass is 9.97. The van der Waals surface area contributed by atoms with Crippen LogP contribution in [0.2, 0.25) is 0 Å². The summed E-state index contributed by atoms with van der Waals surface area (Å²) in [7, 11) is 2.28. The maximum absolute atomic E-state index is 5.80. The van der Waals surface area contributed by atoms with E-state index in [1.165, 1.54) is 36.9 Å². The molecule has 2 heterocycles. The normalized spacial score (nSPS) is 31.6. The maximum atomic E-state index is 5.80. The molecule has 0 spiro atoms. The predicted octanol–water partition coefficient (Wildman–Crippen LogP) is 2.61. The van der Waals surface area contributed by atoms with Crippen molar-refractivity contribution in [1.29, 1.82) is 0 Å². The van der Waals surface area contributed by atoms with Crippen molar-refractivity contribution in [3.05, 3.63) is 23.8 Å². The summed E-state index contributed by atoms with van der Waals surface area (Å²) in [5, 5.41) is 3.72. The molecule has 3 heteroatoms. The molecule has 1 aromatic rings. The first-order valence-corrected chi connectivity index (χ1v) is 6.98. The number of aryl methyl sites for hydroxylation is 1. The molecule has 3 atom stereocenters. The molecule has 0 aliphatic carbocycles. The predicted molar refractivity (Wildman–Crippen MR) is 76.8 cm³/mol. The van der Waals surface area contributed by atoms with E-state index in [1.807, 2.05) is 12.1 Å². The molecule has 2 saturated heterocycles. The van der Waals surface area contributed by atoms with Gasteiger partial charge >= 0.3 is 0 Å². The highest BCUT2D eigenvalue weighted by molar-refractivity contribution is 5.58. The molecular formula is C15H23N3. The van der Waals surface area contributed by atoms with Crippen molar-refractivity contribution in [2.75, 3.05) is 18.1 Å². The lowest BCUT2D eigenvalue weighted by Gasteiger charge is -2.37. The zero-order chi connectivity index (χ0) is 12.7. The minimum atomic E-state index is 0.626. The third-order valence-corrected chi connectivity index (χ3v) is 4.71. The number of hydrogen-bond donors (Lipinski definition) is 2. The Hall–Kier alpha value is -1.22. The van der Waals surface area contributed by atoms with Crippen molar-refractivity contribution in [3.63, 3.8) is 0 Å². The number of nitrogens with two attached hydrogens (primary N) is 1. The van der Waals surface area contributed by atoms with Crippen LogP contribution in [0.5, 0.6) is 0 Å². The van der Waals surface area contributed by atoms with Crippen molar-refractivity contribution >= 4 is 11.4 Å². The molecule has 18 heavy (non-hydrogen) atoms. The van der Waals surface area contributed by atoms with Gasteiger partial charge < -0.3 is 16.0 Å². The Morgan fingerprint density at radius 1 is 1.22 bits per heavy atom. The van der Waals surface area contributed by atoms with Crippen molar-refractivity contribution < 1.29 is 0 Å². The number of benzene rings is 1. The Labute approximate surface area is 109 Å². The average molecular weight is 245 g/mol. The molecule has 0 aromatic heterocycles. The number of piperidine rings is 1. The molecule has 2 bridgehead atoms. The van der Waals surface area contributed by atoms with Gasteiger partial charge in [0.2, 0.25) is 0 Å². The molecule has 2 aliphatic rings. The molecule has 0 radical (unpaired) electrons. The fourth-order valence-electron chi connectivity index (χ4n) is 3.60. The highest BCUT2D eigenvalue weighted by atomic mass is 15.2. The topological polar surface area (TPSA) is 41.3 Å². The summed E-state index contributed by atoms with van der Waals surface area (Å²) in [4.78, 5) is 2.58.